The lowest BCUT2D eigenvalue weighted by atomic mass is 9.93. The van der Waals surface area contributed by atoms with E-state index in [0.29, 0.717) is 19.3 Å². The third-order valence-corrected chi connectivity index (χ3v) is 4.32. The fraction of sp³-hybridized carbons (Fsp3) is 0.421. The number of hydrogen-bond donors (Lipinski definition) is 2. The first-order chi connectivity index (χ1) is 11.6. The van der Waals surface area contributed by atoms with E-state index in [2.05, 4.69) is 0 Å². The highest BCUT2D eigenvalue weighted by Crippen LogP contribution is 2.27. The Kier molecular flexibility index (Phi) is 5.45. The van der Waals surface area contributed by atoms with Gasteiger partial charge in [-0.2, -0.15) is 0 Å². The topological polar surface area (TPSA) is 76.0 Å². The second-order valence-corrected chi connectivity index (χ2v) is 6.22. The third-order valence-electron chi connectivity index (χ3n) is 4.32. The summed E-state index contributed by atoms with van der Waals surface area (Å²) in [7, 11) is 0. The fourth-order valence-corrected chi connectivity index (χ4v) is 3.07. The van der Waals surface area contributed by atoms with Gasteiger partial charge in [-0.3, -0.25) is 0 Å². The van der Waals surface area contributed by atoms with Crippen LogP contribution in [0.5, 0.6) is 0 Å². The van der Waals surface area contributed by atoms with Crippen LogP contribution in [0.1, 0.15) is 24.8 Å². The van der Waals surface area contributed by atoms with Crippen LogP contribution in [0.4, 0.5) is 0 Å². The van der Waals surface area contributed by atoms with Crippen molar-refractivity contribution in [2.75, 3.05) is 0 Å². The van der Waals surface area contributed by atoms with Crippen LogP contribution in [-0.4, -0.2) is 46.7 Å². The number of rotatable bonds is 4. The number of esters is 1. The molecule has 3 rings (SSSR count). The van der Waals surface area contributed by atoms with E-state index in [-0.39, 0.29) is 18.2 Å². The summed E-state index contributed by atoms with van der Waals surface area (Å²) < 4.78 is 11.2. The largest absolute Gasteiger partial charge is 0.459 e. The predicted octanol–water partition coefficient (Wildman–Crippen LogP) is 1.84. The Morgan fingerprint density at radius 3 is 2.71 bits per heavy atom. The molecule has 128 valence electrons. The van der Waals surface area contributed by atoms with Crippen molar-refractivity contribution >= 4 is 12.0 Å². The van der Waals surface area contributed by atoms with Gasteiger partial charge in [0.05, 0.1) is 12.2 Å². The quantitative estimate of drug-likeness (QED) is 0.824. The van der Waals surface area contributed by atoms with Gasteiger partial charge >= 0.3 is 5.97 Å². The molecule has 2 aliphatic rings. The van der Waals surface area contributed by atoms with Crippen molar-refractivity contribution in [3.05, 3.63) is 54.1 Å². The molecule has 24 heavy (non-hydrogen) atoms. The number of hydrogen-bond acceptors (Lipinski definition) is 5. The summed E-state index contributed by atoms with van der Waals surface area (Å²) >= 11 is 0. The van der Waals surface area contributed by atoms with E-state index in [1.54, 1.807) is 12.2 Å². The van der Waals surface area contributed by atoms with Crippen molar-refractivity contribution in [1.29, 1.82) is 0 Å². The first-order valence-corrected chi connectivity index (χ1v) is 8.24. The van der Waals surface area contributed by atoms with Gasteiger partial charge in [-0.25, -0.2) is 4.79 Å². The third kappa shape index (κ3) is 4.32. The molecular formula is C19H22O5. The van der Waals surface area contributed by atoms with E-state index in [9.17, 15) is 15.0 Å². The van der Waals surface area contributed by atoms with Crippen LogP contribution < -0.4 is 0 Å². The van der Waals surface area contributed by atoms with Crippen molar-refractivity contribution in [3.63, 3.8) is 0 Å². The first kappa shape index (κ1) is 16.9. The highest BCUT2D eigenvalue weighted by atomic mass is 16.5. The minimum Gasteiger partial charge on any atom is -0.459 e. The Bertz CT molecular complexity index is 609. The molecule has 5 nitrogen and oxygen atoms in total. The molecule has 1 aromatic carbocycles. The van der Waals surface area contributed by atoms with Gasteiger partial charge in [-0.05, 0) is 5.56 Å². The average molecular weight is 330 g/mol. The van der Waals surface area contributed by atoms with Gasteiger partial charge in [0.2, 0.25) is 0 Å². The van der Waals surface area contributed by atoms with E-state index in [0.717, 1.165) is 5.56 Å². The number of aliphatic hydroxyl groups excluding tert-OH is 2. The Labute approximate surface area is 141 Å². The molecule has 1 saturated heterocycles. The van der Waals surface area contributed by atoms with E-state index in [4.69, 9.17) is 9.47 Å². The van der Waals surface area contributed by atoms with Crippen LogP contribution in [0.25, 0.3) is 6.08 Å². The van der Waals surface area contributed by atoms with E-state index in [1.165, 1.54) is 6.08 Å². The molecule has 5 unspecified atom stereocenters. The SMILES string of the molecule is O=C1C=CCC(CC2CC(O)C(O)C(C=Cc3ccccc3)O2)O1. The average Bonchev–Trinajstić information content (AvgIpc) is 2.58. The zero-order valence-corrected chi connectivity index (χ0v) is 13.3. The summed E-state index contributed by atoms with van der Waals surface area (Å²) in [5.74, 6) is -0.344. The van der Waals surface area contributed by atoms with E-state index < -0.39 is 18.3 Å². The van der Waals surface area contributed by atoms with Gasteiger partial charge in [0.15, 0.2) is 0 Å². The number of cyclic esters (lactones) is 1. The van der Waals surface area contributed by atoms with Gasteiger partial charge in [0.1, 0.15) is 18.3 Å². The van der Waals surface area contributed by atoms with Gasteiger partial charge in [0, 0.05) is 25.3 Å². The Morgan fingerprint density at radius 2 is 1.96 bits per heavy atom. The van der Waals surface area contributed by atoms with Crippen molar-refractivity contribution in [3.8, 4) is 0 Å². The molecule has 2 heterocycles. The zero-order valence-electron chi connectivity index (χ0n) is 13.3. The molecule has 0 saturated carbocycles. The van der Waals surface area contributed by atoms with Crippen LogP contribution in [0.3, 0.4) is 0 Å². The second kappa shape index (κ2) is 7.75. The molecular weight excluding hydrogens is 308 g/mol. The van der Waals surface area contributed by atoms with Crippen LogP contribution in [-0.2, 0) is 14.3 Å². The van der Waals surface area contributed by atoms with Crippen molar-refractivity contribution < 1.29 is 24.5 Å². The van der Waals surface area contributed by atoms with E-state index >= 15 is 0 Å². The van der Waals surface area contributed by atoms with Gasteiger partial charge in [-0.15, -0.1) is 0 Å². The monoisotopic (exact) mass is 330 g/mol. The summed E-state index contributed by atoms with van der Waals surface area (Å²) in [6.45, 7) is 0. The van der Waals surface area contributed by atoms with Gasteiger partial charge in [-0.1, -0.05) is 48.6 Å². The van der Waals surface area contributed by atoms with E-state index in [1.807, 2.05) is 36.4 Å². The molecule has 0 amide bonds. The number of carbonyl (C=O) groups excluding carboxylic acids is 1. The lowest BCUT2D eigenvalue weighted by molar-refractivity contribution is -0.165. The predicted molar refractivity (Wildman–Crippen MR) is 89.0 cm³/mol. The first-order valence-electron chi connectivity index (χ1n) is 8.24. The normalized spacial score (nSPS) is 33.6. The Balaban J connectivity index is 1.62. The van der Waals surface area contributed by atoms with Crippen LogP contribution in [0.2, 0.25) is 0 Å². The molecule has 0 aromatic heterocycles. The number of benzene rings is 1. The summed E-state index contributed by atoms with van der Waals surface area (Å²) in [5, 5.41) is 20.3. The molecule has 1 fully saturated rings. The van der Waals surface area contributed by atoms with Crippen LogP contribution in [0, 0.1) is 0 Å². The molecule has 1 aromatic rings. The van der Waals surface area contributed by atoms with Crippen LogP contribution in [0.15, 0.2) is 48.6 Å². The lowest BCUT2D eigenvalue weighted by Gasteiger charge is -2.37. The van der Waals surface area contributed by atoms with Gasteiger partial charge < -0.3 is 19.7 Å². The summed E-state index contributed by atoms with van der Waals surface area (Å²) in [4.78, 5) is 11.3. The summed E-state index contributed by atoms with van der Waals surface area (Å²) in [6.07, 6.45) is 5.41. The lowest BCUT2D eigenvalue weighted by Crippen LogP contribution is -2.48. The smallest absolute Gasteiger partial charge is 0.330 e. The van der Waals surface area contributed by atoms with Gasteiger partial charge in [0.25, 0.3) is 0 Å². The van der Waals surface area contributed by atoms with Crippen molar-refractivity contribution in [2.24, 2.45) is 0 Å². The molecule has 0 bridgehead atoms. The number of carbonyl (C=O) groups is 1. The van der Waals surface area contributed by atoms with Crippen molar-refractivity contribution in [2.45, 2.75) is 49.8 Å². The number of aliphatic hydroxyl groups is 2. The minimum absolute atomic E-state index is 0.242. The standard InChI is InChI=1S/C19H22O5/c20-16-12-15(11-14-7-4-8-18(21)24-14)23-17(19(16)22)10-9-13-5-2-1-3-6-13/h1-6,8-10,14-17,19-20,22H,7,11-12H2. The summed E-state index contributed by atoms with van der Waals surface area (Å²) in [6, 6.07) is 9.70. The number of ether oxygens (including phenoxy) is 2. The second-order valence-electron chi connectivity index (χ2n) is 6.22. The Morgan fingerprint density at radius 1 is 1.17 bits per heavy atom. The van der Waals surface area contributed by atoms with Crippen LogP contribution >= 0.6 is 0 Å². The van der Waals surface area contributed by atoms with Crippen molar-refractivity contribution in [1.82, 2.24) is 0 Å². The molecule has 0 spiro atoms. The molecule has 2 N–H and O–H groups in total. The molecule has 5 atom stereocenters. The maximum atomic E-state index is 11.3. The molecule has 5 heteroatoms. The highest BCUT2D eigenvalue weighted by molar-refractivity contribution is 5.82. The maximum absolute atomic E-state index is 11.3. The molecule has 2 aliphatic heterocycles. The fourth-order valence-electron chi connectivity index (χ4n) is 3.07. The Hall–Kier alpha value is -1.95. The maximum Gasteiger partial charge on any atom is 0.330 e. The zero-order chi connectivity index (χ0) is 16.9. The molecule has 0 aliphatic carbocycles. The minimum atomic E-state index is -0.963. The summed E-state index contributed by atoms with van der Waals surface area (Å²) in [5.41, 5.74) is 0.997. The highest BCUT2D eigenvalue weighted by Gasteiger charge is 2.36. The molecule has 0 radical (unpaired) electrons.